The molecule has 108 valence electrons. The summed E-state index contributed by atoms with van der Waals surface area (Å²) in [6.45, 7) is 4.10. The fourth-order valence-electron chi connectivity index (χ4n) is 4.53. The standard InChI is InChI=1S/C19H21NO/c1-13-11-16-15-8-4-3-7-14(15)12-19(9-5-6-10-19)17(16)18(21)20(13)2/h3-4,7-8H,1,5-6,9-12H2,2H3. The molecule has 2 aliphatic carbocycles. The van der Waals surface area contributed by atoms with Gasteiger partial charge in [0, 0.05) is 30.2 Å². The molecule has 1 amide bonds. The topological polar surface area (TPSA) is 20.3 Å². The van der Waals surface area contributed by atoms with Gasteiger partial charge in [-0.05, 0) is 36.0 Å². The third-order valence-electron chi connectivity index (χ3n) is 5.64. The van der Waals surface area contributed by atoms with Crippen LogP contribution in [0, 0.1) is 5.41 Å². The SMILES string of the molecule is C=C1CC2=C(C(=O)N1C)C1(CCCC1)Cc1ccccc12. The van der Waals surface area contributed by atoms with Gasteiger partial charge in [0.15, 0.2) is 0 Å². The van der Waals surface area contributed by atoms with E-state index in [1.165, 1.54) is 29.5 Å². The summed E-state index contributed by atoms with van der Waals surface area (Å²) < 4.78 is 0. The molecular formula is C19H21NO. The van der Waals surface area contributed by atoms with Gasteiger partial charge in [0.2, 0.25) is 0 Å². The molecule has 0 atom stereocenters. The molecular weight excluding hydrogens is 258 g/mol. The molecule has 1 aromatic rings. The van der Waals surface area contributed by atoms with E-state index in [1.54, 1.807) is 4.90 Å². The van der Waals surface area contributed by atoms with E-state index in [9.17, 15) is 4.79 Å². The maximum Gasteiger partial charge on any atom is 0.254 e. The Morgan fingerprint density at radius 2 is 1.90 bits per heavy atom. The maximum absolute atomic E-state index is 12.9. The average Bonchev–Trinajstić information content (AvgIpc) is 2.93. The van der Waals surface area contributed by atoms with Gasteiger partial charge in [-0.1, -0.05) is 43.7 Å². The van der Waals surface area contributed by atoms with Crippen molar-refractivity contribution >= 4 is 11.5 Å². The Labute approximate surface area is 126 Å². The summed E-state index contributed by atoms with van der Waals surface area (Å²) in [4.78, 5) is 14.7. The van der Waals surface area contributed by atoms with Gasteiger partial charge >= 0.3 is 0 Å². The molecule has 0 aromatic heterocycles. The summed E-state index contributed by atoms with van der Waals surface area (Å²) in [6.07, 6.45) is 6.66. The number of amides is 1. The van der Waals surface area contributed by atoms with Gasteiger partial charge in [-0.3, -0.25) is 4.79 Å². The van der Waals surface area contributed by atoms with Crippen molar-refractivity contribution in [1.29, 1.82) is 0 Å². The molecule has 1 spiro atoms. The second-order valence-corrected chi connectivity index (χ2v) is 6.78. The minimum absolute atomic E-state index is 0.0930. The van der Waals surface area contributed by atoms with E-state index >= 15 is 0 Å². The molecule has 0 unspecified atom stereocenters. The van der Waals surface area contributed by atoms with Crippen LogP contribution in [0.15, 0.2) is 42.1 Å². The molecule has 1 heterocycles. The predicted molar refractivity (Wildman–Crippen MR) is 84.5 cm³/mol. The van der Waals surface area contributed by atoms with Crippen molar-refractivity contribution < 1.29 is 4.79 Å². The molecule has 2 nitrogen and oxygen atoms in total. The number of rotatable bonds is 0. The van der Waals surface area contributed by atoms with Gasteiger partial charge in [0.05, 0.1) is 0 Å². The number of allylic oxidation sites excluding steroid dienone is 1. The molecule has 1 saturated carbocycles. The molecule has 3 aliphatic rings. The van der Waals surface area contributed by atoms with Crippen molar-refractivity contribution in [2.75, 3.05) is 7.05 Å². The zero-order valence-electron chi connectivity index (χ0n) is 12.6. The second kappa shape index (κ2) is 4.33. The molecule has 0 N–H and O–H groups in total. The predicted octanol–water partition coefficient (Wildman–Crippen LogP) is 3.93. The molecule has 2 heteroatoms. The minimum Gasteiger partial charge on any atom is -0.316 e. The van der Waals surface area contributed by atoms with Crippen LogP contribution >= 0.6 is 0 Å². The van der Waals surface area contributed by atoms with Crippen molar-refractivity contribution in [2.45, 2.75) is 38.5 Å². The molecule has 1 aliphatic heterocycles. The van der Waals surface area contributed by atoms with E-state index in [0.717, 1.165) is 37.0 Å². The normalized spacial score (nSPS) is 23.6. The largest absolute Gasteiger partial charge is 0.316 e. The Kier molecular flexibility index (Phi) is 2.66. The summed E-state index contributed by atoms with van der Waals surface area (Å²) >= 11 is 0. The van der Waals surface area contributed by atoms with Gasteiger partial charge in [0.25, 0.3) is 5.91 Å². The Bertz CT molecular complexity index is 677. The van der Waals surface area contributed by atoms with E-state index in [2.05, 4.69) is 30.8 Å². The fraction of sp³-hybridized carbons (Fsp3) is 0.421. The quantitative estimate of drug-likeness (QED) is 0.704. The van der Waals surface area contributed by atoms with Crippen LogP contribution < -0.4 is 0 Å². The first-order valence-corrected chi connectivity index (χ1v) is 7.90. The molecule has 0 saturated heterocycles. The fourth-order valence-corrected chi connectivity index (χ4v) is 4.53. The molecule has 1 aromatic carbocycles. The highest BCUT2D eigenvalue weighted by molar-refractivity contribution is 6.06. The number of carbonyl (C=O) groups is 1. The number of fused-ring (bicyclic) bond motifs is 3. The Balaban J connectivity index is 1.99. The Morgan fingerprint density at radius 1 is 1.19 bits per heavy atom. The molecule has 1 fully saturated rings. The Morgan fingerprint density at radius 3 is 2.67 bits per heavy atom. The van der Waals surface area contributed by atoms with Crippen molar-refractivity contribution in [3.8, 4) is 0 Å². The third kappa shape index (κ3) is 1.68. The van der Waals surface area contributed by atoms with E-state index < -0.39 is 0 Å². The number of likely N-dealkylation sites (N-methyl/N-ethyl adjacent to an activating group) is 1. The van der Waals surface area contributed by atoms with Crippen LogP contribution in [0.25, 0.3) is 5.57 Å². The van der Waals surface area contributed by atoms with E-state index in [1.807, 2.05) is 7.05 Å². The summed E-state index contributed by atoms with van der Waals surface area (Å²) in [5.74, 6) is 0.192. The molecule has 21 heavy (non-hydrogen) atoms. The lowest BCUT2D eigenvalue weighted by Crippen LogP contribution is -2.41. The van der Waals surface area contributed by atoms with E-state index in [-0.39, 0.29) is 11.3 Å². The van der Waals surface area contributed by atoms with E-state index in [4.69, 9.17) is 0 Å². The lowest BCUT2D eigenvalue weighted by Gasteiger charge is -2.43. The number of benzene rings is 1. The van der Waals surface area contributed by atoms with Crippen LogP contribution in [-0.2, 0) is 11.2 Å². The number of hydrogen-bond donors (Lipinski definition) is 0. The summed E-state index contributed by atoms with van der Waals surface area (Å²) in [6, 6.07) is 8.63. The number of nitrogens with zero attached hydrogens (tertiary/aromatic N) is 1. The Hall–Kier alpha value is -1.83. The van der Waals surface area contributed by atoms with Crippen molar-refractivity contribution in [3.63, 3.8) is 0 Å². The van der Waals surface area contributed by atoms with Crippen molar-refractivity contribution in [3.05, 3.63) is 53.2 Å². The van der Waals surface area contributed by atoms with Crippen LogP contribution in [0.4, 0.5) is 0 Å². The molecule has 0 radical (unpaired) electrons. The molecule has 0 bridgehead atoms. The summed E-state index contributed by atoms with van der Waals surface area (Å²) in [5.41, 5.74) is 6.08. The monoisotopic (exact) mass is 279 g/mol. The third-order valence-corrected chi connectivity index (χ3v) is 5.64. The second-order valence-electron chi connectivity index (χ2n) is 6.78. The number of hydrogen-bond acceptors (Lipinski definition) is 1. The highest BCUT2D eigenvalue weighted by atomic mass is 16.2. The van der Waals surface area contributed by atoms with Crippen LogP contribution in [0.5, 0.6) is 0 Å². The van der Waals surface area contributed by atoms with Crippen LogP contribution in [-0.4, -0.2) is 17.9 Å². The first-order valence-electron chi connectivity index (χ1n) is 7.90. The first kappa shape index (κ1) is 12.9. The van der Waals surface area contributed by atoms with Crippen molar-refractivity contribution in [1.82, 2.24) is 4.90 Å². The summed E-state index contributed by atoms with van der Waals surface area (Å²) in [7, 11) is 1.87. The van der Waals surface area contributed by atoms with E-state index in [0.29, 0.717) is 0 Å². The van der Waals surface area contributed by atoms with Crippen LogP contribution in [0.3, 0.4) is 0 Å². The van der Waals surface area contributed by atoms with Gasteiger partial charge in [-0.25, -0.2) is 0 Å². The average molecular weight is 279 g/mol. The maximum atomic E-state index is 12.9. The number of carbonyl (C=O) groups excluding carboxylic acids is 1. The lowest BCUT2D eigenvalue weighted by atomic mass is 9.64. The van der Waals surface area contributed by atoms with Gasteiger partial charge in [-0.2, -0.15) is 0 Å². The van der Waals surface area contributed by atoms with Crippen LogP contribution in [0.1, 0.15) is 43.2 Å². The zero-order chi connectivity index (χ0) is 14.6. The summed E-state index contributed by atoms with van der Waals surface area (Å²) in [5, 5.41) is 0. The highest BCUT2D eigenvalue weighted by Crippen LogP contribution is 2.55. The minimum atomic E-state index is 0.0930. The smallest absolute Gasteiger partial charge is 0.254 e. The highest BCUT2D eigenvalue weighted by Gasteiger charge is 2.47. The van der Waals surface area contributed by atoms with Crippen molar-refractivity contribution in [2.24, 2.45) is 5.41 Å². The zero-order valence-corrected chi connectivity index (χ0v) is 12.6. The first-order chi connectivity index (χ1) is 10.1. The van der Waals surface area contributed by atoms with Gasteiger partial charge < -0.3 is 4.90 Å². The van der Waals surface area contributed by atoms with Gasteiger partial charge in [0.1, 0.15) is 0 Å². The molecule has 4 rings (SSSR count). The lowest BCUT2D eigenvalue weighted by molar-refractivity contribution is -0.125. The van der Waals surface area contributed by atoms with Gasteiger partial charge in [-0.15, -0.1) is 0 Å². The van der Waals surface area contributed by atoms with Crippen LogP contribution in [0.2, 0.25) is 0 Å².